The van der Waals surface area contributed by atoms with Crippen LogP contribution in [0.1, 0.15) is 24.3 Å². The number of halogens is 3. The van der Waals surface area contributed by atoms with E-state index in [9.17, 15) is 28.7 Å². The minimum Gasteiger partial charge on any atom is -0.507 e. The number of carbonyl (C=O) groups is 4. The number of allylic oxidation sites excluding steroid dienone is 2. The monoisotopic (exact) mass is 578 g/mol. The Kier molecular flexibility index (Phi) is 5.29. The Hall–Kier alpha value is -3.75. The summed E-state index contributed by atoms with van der Waals surface area (Å²) >= 11 is 14.7. The minimum absolute atomic E-state index is 0.0210. The van der Waals surface area contributed by atoms with Gasteiger partial charge in [0.1, 0.15) is 11.6 Å². The van der Waals surface area contributed by atoms with Crippen LogP contribution in [0.15, 0.2) is 72.3 Å². The lowest BCUT2D eigenvalue weighted by molar-refractivity contribution is -0.127. The summed E-state index contributed by atoms with van der Waals surface area (Å²) in [6, 6.07) is 15.1. The molecule has 4 aliphatic rings. The van der Waals surface area contributed by atoms with Gasteiger partial charge in [0.2, 0.25) is 11.8 Å². The standard InChI is InChI=1S/C30H21Cl2FN2O5/c31-29-13-21-19(9-10-20-23(21)26(38)34-25(20)37)24(18-11-12-22(36)17-4-2-1-3-16(17)18)30(29,32)28(40)35(27(29)39)15-7-5-14(33)6-8-15/h1-9,11-12,20-21,23-24,36H,10,13H2,(H,34,37,38). The Balaban J connectivity index is 1.50. The highest BCUT2D eigenvalue weighted by Gasteiger charge is 2.76. The molecule has 2 heterocycles. The van der Waals surface area contributed by atoms with Crippen molar-refractivity contribution < 1.29 is 28.7 Å². The fourth-order valence-electron chi connectivity index (χ4n) is 7.21. The molecule has 2 N–H and O–H groups in total. The number of nitrogens with one attached hydrogen (secondary N) is 1. The zero-order chi connectivity index (χ0) is 28.1. The Morgan fingerprint density at radius 2 is 1.57 bits per heavy atom. The first-order valence-electron chi connectivity index (χ1n) is 12.9. The number of nitrogens with zero attached hydrogens (tertiary/aromatic N) is 1. The van der Waals surface area contributed by atoms with Gasteiger partial charge in [-0.2, -0.15) is 0 Å². The number of hydrogen-bond donors (Lipinski definition) is 2. The normalized spacial score (nSPS) is 33.0. The third kappa shape index (κ3) is 3.06. The van der Waals surface area contributed by atoms with Gasteiger partial charge in [0.25, 0.3) is 11.8 Å². The lowest BCUT2D eigenvalue weighted by Gasteiger charge is -2.51. The second kappa shape index (κ2) is 8.38. The van der Waals surface area contributed by atoms with Crippen LogP contribution in [0, 0.1) is 23.6 Å². The molecule has 0 aromatic heterocycles. The van der Waals surface area contributed by atoms with Gasteiger partial charge >= 0.3 is 0 Å². The third-order valence-electron chi connectivity index (χ3n) is 8.98. The molecule has 2 aliphatic heterocycles. The van der Waals surface area contributed by atoms with Crippen LogP contribution in [0.4, 0.5) is 10.1 Å². The van der Waals surface area contributed by atoms with Crippen molar-refractivity contribution in [3.8, 4) is 5.75 Å². The molecule has 3 aromatic carbocycles. The van der Waals surface area contributed by atoms with Gasteiger partial charge in [-0.1, -0.05) is 42.0 Å². The van der Waals surface area contributed by atoms with Crippen LogP contribution in [-0.4, -0.2) is 38.5 Å². The van der Waals surface area contributed by atoms with E-state index in [1.807, 2.05) is 6.08 Å². The summed E-state index contributed by atoms with van der Waals surface area (Å²) in [5.41, 5.74) is 1.31. The number of hydrogen-bond acceptors (Lipinski definition) is 5. The van der Waals surface area contributed by atoms with Crippen molar-refractivity contribution in [3.05, 3.63) is 83.7 Å². The minimum atomic E-state index is -2.03. The van der Waals surface area contributed by atoms with E-state index in [1.165, 1.54) is 18.2 Å². The van der Waals surface area contributed by atoms with Crippen molar-refractivity contribution in [1.82, 2.24) is 5.32 Å². The van der Waals surface area contributed by atoms with Crippen molar-refractivity contribution >= 4 is 63.3 Å². The zero-order valence-corrected chi connectivity index (χ0v) is 22.2. The molecule has 4 amide bonds. The Morgan fingerprint density at radius 1 is 0.875 bits per heavy atom. The number of rotatable bonds is 2. The highest BCUT2D eigenvalue weighted by atomic mass is 35.5. The van der Waals surface area contributed by atoms with Gasteiger partial charge < -0.3 is 5.11 Å². The molecule has 3 fully saturated rings. The summed E-state index contributed by atoms with van der Waals surface area (Å²) in [5, 5.41) is 14.1. The molecule has 0 radical (unpaired) electrons. The summed E-state index contributed by atoms with van der Waals surface area (Å²) < 4.78 is 13.7. The second-order valence-electron chi connectivity index (χ2n) is 10.8. The van der Waals surface area contributed by atoms with E-state index in [4.69, 9.17) is 23.2 Å². The molecule has 202 valence electrons. The van der Waals surface area contributed by atoms with Gasteiger partial charge in [-0.15, -0.1) is 23.2 Å². The molecule has 7 nitrogen and oxygen atoms in total. The van der Waals surface area contributed by atoms with Crippen molar-refractivity contribution in [2.75, 3.05) is 4.90 Å². The lowest BCUT2D eigenvalue weighted by atomic mass is 9.56. The number of fused-ring (bicyclic) bond motifs is 5. The molecule has 2 aliphatic carbocycles. The smallest absolute Gasteiger partial charge is 0.258 e. The maximum absolute atomic E-state index is 14.4. The number of benzene rings is 3. The topological polar surface area (TPSA) is 104 Å². The quantitative estimate of drug-likeness (QED) is 0.264. The number of aromatic hydroxyl groups is 1. The summed E-state index contributed by atoms with van der Waals surface area (Å²) in [6.45, 7) is 0. The first-order chi connectivity index (χ1) is 19.1. The summed E-state index contributed by atoms with van der Waals surface area (Å²) in [4.78, 5) is 51.0. The van der Waals surface area contributed by atoms with Gasteiger partial charge in [0.15, 0.2) is 9.75 Å². The average Bonchev–Trinajstić information content (AvgIpc) is 3.31. The molecule has 1 saturated carbocycles. The Labute approximate surface area is 237 Å². The number of phenols is 1. The number of phenolic OH excluding ortho intramolecular Hbond substituents is 1. The highest BCUT2D eigenvalue weighted by Crippen LogP contribution is 2.66. The van der Waals surface area contributed by atoms with E-state index in [0.29, 0.717) is 21.9 Å². The molecule has 2 saturated heterocycles. The van der Waals surface area contributed by atoms with E-state index in [2.05, 4.69) is 5.32 Å². The van der Waals surface area contributed by atoms with Gasteiger partial charge in [-0.05, 0) is 60.0 Å². The van der Waals surface area contributed by atoms with E-state index >= 15 is 0 Å². The van der Waals surface area contributed by atoms with E-state index in [-0.39, 0.29) is 30.2 Å². The predicted octanol–water partition coefficient (Wildman–Crippen LogP) is 4.54. The molecule has 0 spiro atoms. The molecule has 40 heavy (non-hydrogen) atoms. The molecule has 10 heteroatoms. The second-order valence-corrected chi connectivity index (χ2v) is 12.1. The fourth-order valence-corrected chi connectivity index (χ4v) is 8.14. The molecular weight excluding hydrogens is 558 g/mol. The van der Waals surface area contributed by atoms with Crippen LogP contribution in [0.5, 0.6) is 5.75 Å². The molecule has 6 unspecified atom stereocenters. The number of imide groups is 2. The van der Waals surface area contributed by atoms with Crippen LogP contribution >= 0.6 is 23.2 Å². The van der Waals surface area contributed by atoms with E-state index < -0.39 is 57.0 Å². The molecule has 7 rings (SSSR count). The van der Waals surface area contributed by atoms with Crippen molar-refractivity contribution in [3.63, 3.8) is 0 Å². The number of alkyl halides is 2. The zero-order valence-electron chi connectivity index (χ0n) is 20.7. The van der Waals surface area contributed by atoms with E-state index in [0.717, 1.165) is 17.0 Å². The first kappa shape index (κ1) is 25.2. The maximum Gasteiger partial charge on any atom is 0.258 e. The fraction of sp³-hybridized carbons (Fsp3) is 0.267. The molecular formula is C30H21Cl2FN2O5. The SMILES string of the molecule is O=C1NC(=O)C2C1CC=C1C2CC2(Cl)C(=O)N(c3ccc(F)cc3)C(=O)C2(Cl)C1c1ccc(O)c2ccccc12. The van der Waals surface area contributed by atoms with Crippen molar-refractivity contribution in [2.24, 2.45) is 17.8 Å². The number of amides is 4. The lowest BCUT2D eigenvalue weighted by Crippen LogP contribution is -2.60. The van der Waals surface area contributed by atoms with Gasteiger partial charge in [-0.25, -0.2) is 9.29 Å². The van der Waals surface area contributed by atoms with Gasteiger partial charge in [0.05, 0.1) is 17.5 Å². The summed E-state index contributed by atoms with van der Waals surface area (Å²) in [5.74, 6) is -5.95. The van der Waals surface area contributed by atoms with E-state index in [1.54, 1.807) is 30.3 Å². The van der Waals surface area contributed by atoms with Crippen molar-refractivity contribution in [1.29, 1.82) is 0 Å². The number of anilines is 1. The average molecular weight is 579 g/mol. The summed E-state index contributed by atoms with van der Waals surface area (Å²) in [7, 11) is 0. The first-order valence-corrected chi connectivity index (χ1v) is 13.6. The van der Waals surface area contributed by atoms with Crippen LogP contribution in [0.25, 0.3) is 10.8 Å². The Bertz CT molecular complexity index is 1710. The van der Waals surface area contributed by atoms with Crippen LogP contribution in [-0.2, 0) is 19.2 Å². The van der Waals surface area contributed by atoms with Crippen LogP contribution in [0.2, 0.25) is 0 Å². The predicted molar refractivity (Wildman–Crippen MR) is 145 cm³/mol. The molecule has 6 atom stereocenters. The van der Waals surface area contributed by atoms with Crippen LogP contribution < -0.4 is 10.2 Å². The van der Waals surface area contributed by atoms with Gasteiger partial charge in [0, 0.05) is 11.3 Å². The summed E-state index contributed by atoms with van der Waals surface area (Å²) in [6.07, 6.45) is 1.95. The molecule has 3 aromatic rings. The molecule has 0 bridgehead atoms. The highest BCUT2D eigenvalue weighted by molar-refractivity contribution is 6.58. The van der Waals surface area contributed by atoms with Gasteiger partial charge in [-0.3, -0.25) is 24.5 Å². The number of carbonyl (C=O) groups excluding carboxylic acids is 4. The largest absolute Gasteiger partial charge is 0.507 e. The van der Waals surface area contributed by atoms with Crippen LogP contribution in [0.3, 0.4) is 0 Å². The van der Waals surface area contributed by atoms with Crippen molar-refractivity contribution in [2.45, 2.75) is 28.5 Å². The maximum atomic E-state index is 14.4. The third-order valence-corrected chi connectivity index (χ3v) is 10.4. The Morgan fingerprint density at radius 3 is 2.30 bits per heavy atom.